The van der Waals surface area contributed by atoms with Gasteiger partial charge in [-0.25, -0.2) is 9.37 Å². The normalized spacial score (nSPS) is 10.9. The first kappa shape index (κ1) is 16.9. The average Bonchev–Trinajstić information content (AvgIpc) is 3.12. The quantitative estimate of drug-likeness (QED) is 0.603. The molecule has 5 nitrogen and oxygen atoms in total. The molecule has 0 radical (unpaired) electrons. The Kier molecular flexibility index (Phi) is 4.16. The lowest BCUT2D eigenvalue weighted by molar-refractivity contribution is 0.0957. The summed E-state index contributed by atoms with van der Waals surface area (Å²) in [5, 5.41) is 2.62. The zero-order chi connectivity index (χ0) is 19.0. The summed E-state index contributed by atoms with van der Waals surface area (Å²) in [5.74, 6) is -0.452. The van der Waals surface area contributed by atoms with E-state index in [1.54, 1.807) is 42.9 Å². The van der Waals surface area contributed by atoms with E-state index in [1.807, 2.05) is 30.5 Å². The first-order chi connectivity index (χ1) is 13.1. The Bertz CT molecular complexity index is 1170. The lowest BCUT2D eigenvalue weighted by Gasteiger charge is -2.11. The molecule has 0 fully saturated rings. The van der Waals surface area contributed by atoms with E-state index in [0.29, 0.717) is 16.9 Å². The molecule has 1 N–H and O–H groups in total. The van der Waals surface area contributed by atoms with Crippen LogP contribution in [0.1, 0.15) is 16.1 Å². The molecule has 1 aromatic carbocycles. The Labute approximate surface area is 155 Å². The molecule has 0 unspecified atom stereocenters. The number of benzene rings is 1. The molecule has 0 aliphatic rings. The highest BCUT2D eigenvalue weighted by molar-refractivity contribution is 5.93. The molecule has 4 aromatic rings. The van der Waals surface area contributed by atoms with Crippen molar-refractivity contribution in [2.75, 3.05) is 7.05 Å². The van der Waals surface area contributed by atoms with E-state index in [9.17, 15) is 9.18 Å². The monoisotopic (exact) mass is 360 g/mol. The predicted molar refractivity (Wildman–Crippen MR) is 102 cm³/mol. The number of imidazole rings is 1. The molecule has 0 aliphatic heterocycles. The number of carbonyl (C=O) groups is 1. The molecule has 3 aromatic heterocycles. The molecule has 1 amide bonds. The standard InChI is InChI=1S/C21H17FN4O/c1-13-10-14(5-7-17(13)22)20-16(4-3-9-24-20)15-6-8-19-25-11-18(21(27)23-2)26(19)12-15/h3-12H,1-2H3,(H,23,27). The summed E-state index contributed by atoms with van der Waals surface area (Å²) < 4.78 is 15.4. The van der Waals surface area contributed by atoms with Gasteiger partial charge in [0.1, 0.15) is 17.2 Å². The number of fused-ring (bicyclic) bond motifs is 1. The predicted octanol–water partition coefficient (Wildman–Crippen LogP) is 3.87. The average molecular weight is 360 g/mol. The van der Waals surface area contributed by atoms with Crippen molar-refractivity contribution in [3.05, 3.63) is 78.1 Å². The molecule has 0 spiro atoms. The summed E-state index contributed by atoms with van der Waals surface area (Å²) in [6.07, 6.45) is 5.12. The van der Waals surface area contributed by atoms with Crippen LogP contribution in [0.3, 0.4) is 0 Å². The number of nitrogens with one attached hydrogen (secondary N) is 1. The third-order valence-electron chi connectivity index (χ3n) is 4.52. The highest BCUT2D eigenvalue weighted by Crippen LogP contribution is 2.31. The van der Waals surface area contributed by atoms with Gasteiger partial charge in [0.2, 0.25) is 0 Å². The van der Waals surface area contributed by atoms with Crippen LogP contribution in [-0.4, -0.2) is 27.3 Å². The van der Waals surface area contributed by atoms with Gasteiger partial charge in [-0.1, -0.05) is 6.07 Å². The third-order valence-corrected chi connectivity index (χ3v) is 4.52. The maximum absolute atomic E-state index is 13.7. The van der Waals surface area contributed by atoms with E-state index in [-0.39, 0.29) is 11.7 Å². The van der Waals surface area contributed by atoms with Crippen LogP contribution >= 0.6 is 0 Å². The number of rotatable bonds is 3. The highest BCUT2D eigenvalue weighted by Gasteiger charge is 2.14. The van der Waals surface area contributed by atoms with Gasteiger partial charge in [0.05, 0.1) is 11.9 Å². The number of hydrogen-bond acceptors (Lipinski definition) is 3. The molecule has 0 bridgehead atoms. The summed E-state index contributed by atoms with van der Waals surface area (Å²) in [5.41, 5.74) is 5.06. The van der Waals surface area contributed by atoms with E-state index in [1.165, 1.54) is 6.07 Å². The van der Waals surface area contributed by atoms with Crippen LogP contribution in [0.15, 0.2) is 61.1 Å². The molecule has 4 rings (SSSR count). The molecule has 27 heavy (non-hydrogen) atoms. The van der Waals surface area contributed by atoms with Crippen LogP contribution in [-0.2, 0) is 0 Å². The van der Waals surface area contributed by atoms with Crippen LogP contribution in [0.5, 0.6) is 0 Å². The van der Waals surface area contributed by atoms with E-state index < -0.39 is 0 Å². The number of pyridine rings is 2. The molecule has 0 saturated carbocycles. The van der Waals surface area contributed by atoms with E-state index >= 15 is 0 Å². The number of aryl methyl sites for hydroxylation is 1. The Balaban J connectivity index is 1.89. The van der Waals surface area contributed by atoms with Gasteiger partial charge in [0, 0.05) is 36.1 Å². The summed E-state index contributed by atoms with van der Waals surface area (Å²) in [6, 6.07) is 12.6. The van der Waals surface area contributed by atoms with Gasteiger partial charge >= 0.3 is 0 Å². The van der Waals surface area contributed by atoms with Crippen molar-refractivity contribution in [3.63, 3.8) is 0 Å². The van der Waals surface area contributed by atoms with Gasteiger partial charge in [0.25, 0.3) is 5.91 Å². The fourth-order valence-electron chi connectivity index (χ4n) is 3.10. The van der Waals surface area contributed by atoms with Gasteiger partial charge in [0.15, 0.2) is 0 Å². The van der Waals surface area contributed by atoms with Crippen molar-refractivity contribution in [2.45, 2.75) is 6.92 Å². The maximum Gasteiger partial charge on any atom is 0.269 e. The second-order valence-corrected chi connectivity index (χ2v) is 6.23. The fraction of sp³-hybridized carbons (Fsp3) is 0.0952. The minimum absolute atomic E-state index is 0.208. The molecule has 6 heteroatoms. The molecule has 3 heterocycles. The van der Waals surface area contributed by atoms with Crippen LogP contribution in [0, 0.1) is 12.7 Å². The van der Waals surface area contributed by atoms with Crippen molar-refractivity contribution in [2.24, 2.45) is 0 Å². The fourth-order valence-corrected chi connectivity index (χ4v) is 3.10. The lowest BCUT2D eigenvalue weighted by Crippen LogP contribution is -2.19. The summed E-state index contributed by atoms with van der Waals surface area (Å²) in [7, 11) is 1.58. The van der Waals surface area contributed by atoms with Crippen LogP contribution in [0.4, 0.5) is 4.39 Å². The second kappa shape index (κ2) is 6.64. The first-order valence-corrected chi connectivity index (χ1v) is 8.49. The number of hydrogen-bond donors (Lipinski definition) is 1. The Morgan fingerprint density at radius 2 is 1.93 bits per heavy atom. The number of halogens is 1. The van der Waals surface area contributed by atoms with Crippen LogP contribution in [0.25, 0.3) is 28.0 Å². The smallest absolute Gasteiger partial charge is 0.269 e. The zero-order valence-corrected chi connectivity index (χ0v) is 14.9. The zero-order valence-electron chi connectivity index (χ0n) is 14.9. The largest absolute Gasteiger partial charge is 0.354 e. The van der Waals surface area contributed by atoms with Crippen LogP contribution < -0.4 is 5.32 Å². The van der Waals surface area contributed by atoms with Crippen LogP contribution in [0.2, 0.25) is 0 Å². The Morgan fingerprint density at radius 3 is 2.70 bits per heavy atom. The molecule has 134 valence electrons. The SMILES string of the molecule is CNC(=O)c1cnc2ccc(-c3cccnc3-c3ccc(F)c(C)c3)cn12. The van der Waals surface area contributed by atoms with E-state index in [2.05, 4.69) is 15.3 Å². The van der Waals surface area contributed by atoms with Crippen molar-refractivity contribution in [1.82, 2.24) is 19.7 Å². The van der Waals surface area contributed by atoms with Gasteiger partial charge in [-0.3, -0.25) is 14.2 Å². The highest BCUT2D eigenvalue weighted by atomic mass is 19.1. The lowest BCUT2D eigenvalue weighted by atomic mass is 9.99. The minimum atomic E-state index is -0.244. The Morgan fingerprint density at radius 1 is 1.11 bits per heavy atom. The van der Waals surface area contributed by atoms with Crippen molar-refractivity contribution < 1.29 is 9.18 Å². The second-order valence-electron chi connectivity index (χ2n) is 6.23. The van der Waals surface area contributed by atoms with E-state index in [0.717, 1.165) is 22.4 Å². The first-order valence-electron chi connectivity index (χ1n) is 8.49. The summed E-state index contributed by atoms with van der Waals surface area (Å²) in [4.78, 5) is 20.9. The molecule has 0 aliphatic carbocycles. The van der Waals surface area contributed by atoms with Gasteiger partial charge in [-0.15, -0.1) is 0 Å². The molecule has 0 atom stereocenters. The maximum atomic E-state index is 13.7. The number of aromatic nitrogens is 3. The van der Waals surface area contributed by atoms with E-state index in [4.69, 9.17) is 0 Å². The number of carbonyl (C=O) groups excluding carboxylic acids is 1. The van der Waals surface area contributed by atoms with Crippen molar-refractivity contribution in [1.29, 1.82) is 0 Å². The van der Waals surface area contributed by atoms with Gasteiger partial charge < -0.3 is 5.32 Å². The summed E-state index contributed by atoms with van der Waals surface area (Å²) >= 11 is 0. The summed E-state index contributed by atoms with van der Waals surface area (Å²) in [6.45, 7) is 1.73. The van der Waals surface area contributed by atoms with Gasteiger partial charge in [-0.2, -0.15) is 0 Å². The minimum Gasteiger partial charge on any atom is -0.354 e. The molecular formula is C21H17FN4O. The van der Waals surface area contributed by atoms with Crippen molar-refractivity contribution >= 4 is 11.6 Å². The number of nitrogens with zero attached hydrogens (tertiary/aromatic N) is 3. The molecule has 0 saturated heterocycles. The van der Waals surface area contributed by atoms with Gasteiger partial charge in [-0.05, 0) is 48.9 Å². The topological polar surface area (TPSA) is 59.3 Å². The van der Waals surface area contributed by atoms with Crippen molar-refractivity contribution in [3.8, 4) is 22.4 Å². The molecular weight excluding hydrogens is 343 g/mol. The Hall–Kier alpha value is -3.54. The number of amides is 1. The third kappa shape index (κ3) is 2.95.